The Morgan fingerprint density at radius 3 is 2.33 bits per heavy atom. The Labute approximate surface area is 113 Å². The molecule has 1 nitrogen and oxygen atoms in total. The molecule has 94 valence electrons. The summed E-state index contributed by atoms with van der Waals surface area (Å²) in [4.78, 5) is 0. The van der Waals surface area contributed by atoms with Gasteiger partial charge in [0.25, 0.3) is 0 Å². The highest BCUT2D eigenvalue weighted by Crippen LogP contribution is 2.30. The smallest absolute Gasteiger partial charge is 0.148 e. The van der Waals surface area contributed by atoms with E-state index in [1.54, 1.807) is 12.1 Å². The molecule has 0 aromatic heterocycles. The minimum absolute atomic E-state index is 0.000354. The Balaban J connectivity index is 2.45. The highest BCUT2D eigenvalue weighted by Gasteiger charge is 2.13. The second kappa shape index (κ2) is 5.59. The first kappa shape index (κ1) is 13.2. The Morgan fingerprint density at radius 2 is 1.72 bits per heavy atom. The van der Waals surface area contributed by atoms with Crippen molar-refractivity contribution in [3.05, 3.63) is 58.1 Å². The normalized spacial score (nSPS) is 10.7. The van der Waals surface area contributed by atoms with E-state index >= 15 is 0 Å². The van der Waals surface area contributed by atoms with Crippen molar-refractivity contribution in [1.29, 1.82) is 0 Å². The molecular weight excluding hydrogens is 300 g/mol. The Hall–Kier alpha value is -1.26. The van der Waals surface area contributed by atoms with Crippen LogP contribution in [0.25, 0.3) is 11.1 Å². The van der Waals surface area contributed by atoms with Gasteiger partial charge in [0.15, 0.2) is 0 Å². The van der Waals surface area contributed by atoms with Crippen molar-refractivity contribution in [2.45, 2.75) is 6.54 Å². The van der Waals surface area contributed by atoms with E-state index in [0.717, 1.165) is 12.1 Å². The van der Waals surface area contributed by atoms with Crippen molar-refractivity contribution < 1.29 is 8.78 Å². The van der Waals surface area contributed by atoms with Crippen LogP contribution in [0.5, 0.6) is 0 Å². The van der Waals surface area contributed by atoms with Gasteiger partial charge in [0.1, 0.15) is 11.6 Å². The third-order valence-electron chi connectivity index (χ3n) is 2.67. The molecule has 0 fully saturated rings. The topological polar surface area (TPSA) is 12.0 Å². The molecule has 4 heteroatoms. The van der Waals surface area contributed by atoms with Crippen LogP contribution in [0.15, 0.2) is 40.9 Å². The summed E-state index contributed by atoms with van der Waals surface area (Å²) in [6, 6.07) is 9.77. The number of hydrogen-bond acceptors (Lipinski definition) is 1. The summed E-state index contributed by atoms with van der Waals surface area (Å²) in [5, 5.41) is 3.02. The fourth-order valence-corrected chi connectivity index (χ4v) is 2.12. The van der Waals surface area contributed by atoms with Crippen LogP contribution in [-0.2, 0) is 6.54 Å². The van der Waals surface area contributed by atoms with Crippen LogP contribution in [0.3, 0.4) is 0 Å². The predicted octanol–water partition coefficient (Wildman–Crippen LogP) is 4.11. The Morgan fingerprint density at radius 1 is 1.06 bits per heavy atom. The average Bonchev–Trinajstić information content (AvgIpc) is 2.37. The number of benzene rings is 2. The number of nitrogens with one attached hydrogen (secondary N) is 1. The lowest BCUT2D eigenvalue weighted by molar-refractivity contribution is 0.585. The number of hydrogen-bond donors (Lipinski definition) is 1. The zero-order valence-corrected chi connectivity index (χ0v) is 11.4. The zero-order valence-electron chi connectivity index (χ0n) is 9.81. The van der Waals surface area contributed by atoms with Gasteiger partial charge in [0.05, 0.1) is 10.0 Å². The summed E-state index contributed by atoms with van der Waals surface area (Å²) < 4.78 is 27.9. The van der Waals surface area contributed by atoms with Crippen molar-refractivity contribution in [2.24, 2.45) is 0 Å². The third kappa shape index (κ3) is 2.60. The van der Waals surface area contributed by atoms with Crippen molar-refractivity contribution in [1.82, 2.24) is 5.32 Å². The van der Waals surface area contributed by atoms with Crippen molar-refractivity contribution in [3.8, 4) is 11.1 Å². The molecule has 0 aliphatic rings. The minimum Gasteiger partial charge on any atom is -0.316 e. The molecule has 2 rings (SSSR count). The van der Waals surface area contributed by atoms with Crippen LogP contribution in [0, 0.1) is 11.6 Å². The summed E-state index contributed by atoms with van der Waals surface area (Å²) in [5.41, 5.74) is 1.60. The van der Waals surface area contributed by atoms with Gasteiger partial charge in [-0.1, -0.05) is 24.3 Å². The summed E-state index contributed by atoms with van der Waals surface area (Å²) >= 11 is 3.07. The molecule has 2 aromatic carbocycles. The lowest BCUT2D eigenvalue weighted by Crippen LogP contribution is -2.04. The Kier molecular flexibility index (Phi) is 4.09. The van der Waals surface area contributed by atoms with E-state index < -0.39 is 11.6 Å². The fourth-order valence-electron chi connectivity index (χ4n) is 1.79. The van der Waals surface area contributed by atoms with Gasteiger partial charge in [-0.2, -0.15) is 0 Å². The molecule has 0 saturated heterocycles. The third-order valence-corrected chi connectivity index (χ3v) is 3.28. The van der Waals surface area contributed by atoms with E-state index in [1.807, 2.05) is 19.2 Å². The molecule has 0 atom stereocenters. The van der Waals surface area contributed by atoms with E-state index in [0.29, 0.717) is 5.56 Å². The van der Waals surface area contributed by atoms with Crippen LogP contribution in [0.2, 0.25) is 0 Å². The monoisotopic (exact) mass is 311 g/mol. The number of rotatable bonds is 3. The molecule has 0 aliphatic carbocycles. The minimum atomic E-state index is -0.573. The van der Waals surface area contributed by atoms with E-state index in [-0.39, 0.29) is 10.0 Å². The van der Waals surface area contributed by atoms with Gasteiger partial charge >= 0.3 is 0 Å². The molecule has 0 spiro atoms. The van der Waals surface area contributed by atoms with Crippen LogP contribution in [0.1, 0.15) is 5.56 Å². The summed E-state index contributed by atoms with van der Waals surface area (Å²) in [7, 11) is 1.85. The first-order valence-electron chi connectivity index (χ1n) is 5.51. The largest absolute Gasteiger partial charge is 0.316 e. The fraction of sp³-hybridized carbons (Fsp3) is 0.143. The summed E-state index contributed by atoms with van der Waals surface area (Å²) in [6.45, 7) is 0.726. The molecule has 0 unspecified atom stereocenters. The second-order valence-electron chi connectivity index (χ2n) is 3.95. The molecule has 0 amide bonds. The van der Waals surface area contributed by atoms with Crippen LogP contribution < -0.4 is 5.32 Å². The van der Waals surface area contributed by atoms with Gasteiger partial charge in [-0.15, -0.1) is 0 Å². The van der Waals surface area contributed by atoms with Gasteiger partial charge in [-0.25, -0.2) is 8.78 Å². The molecule has 2 aromatic rings. The summed E-state index contributed by atoms with van der Waals surface area (Å²) in [5.74, 6) is -1.13. The van der Waals surface area contributed by atoms with Crippen LogP contribution >= 0.6 is 15.9 Å². The van der Waals surface area contributed by atoms with E-state index in [2.05, 4.69) is 21.2 Å². The first-order chi connectivity index (χ1) is 8.63. The average molecular weight is 312 g/mol. The van der Waals surface area contributed by atoms with E-state index in [9.17, 15) is 8.78 Å². The quantitative estimate of drug-likeness (QED) is 0.841. The van der Waals surface area contributed by atoms with E-state index in [4.69, 9.17) is 0 Å². The molecule has 1 N–H and O–H groups in total. The molecule has 0 aliphatic heterocycles. The van der Waals surface area contributed by atoms with Gasteiger partial charge in [0.2, 0.25) is 0 Å². The second-order valence-corrected chi connectivity index (χ2v) is 4.80. The van der Waals surface area contributed by atoms with Crippen LogP contribution in [0.4, 0.5) is 8.78 Å². The lowest BCUT2D eigenvalue weighted by atomic mass is 10.0. The molecule has 0 radical (unpaired) electrons. The SMILES string of the molecule is CNCc1ccc(-c2c(F)ccc(Br)c2F)cc1. The first-order valence-corrected chi connectivity index (χ1v) is 6.30. The van der Waals surface area contributed by atoms with Crippen molar-refractivity contribution in [2.75, 3.05) is 7.05 Å². The highest BCUT2D eigenvalue weighted by molar-refractivity contribution is 9.10. The van der Waals surface area contributed by atoms with Crippen molar-refractivity contribution in [3.63, 3.8) is 0 Å². The Bertz CT molecular complexity index is 552. The summed E-state index contributed by atoms with van der Waals surface area (Å²) in [6.07, 6.45) is 0. The van der Waals surface area contributed by atoms with Crippen LogP contribution in [-0.4, -0.2) is 7.05 Å². The maximum absolute atomic E-state index is 13.9. The predicted molar refractivity (Wildman–Crippen MR) is 72.3 cm³/mol. The lowest BCUT2D eigenvalue weighted by Gasteiger charge is -2.08. The van der Waals surface area contributed by atoms with E-state index in [1.165, 1.54) is 12.1 Å². The maximum Gasteiger partial charge on any atom is 0.148 e. The van der Waals surface area contributed by atoms with Gasteiger partial charge in [-0.3, -0.25) is 0 Å². The van der Waals surface area contributed by atoms with Gasteiger partial charge < -0.3 is 5.32 Å². The highest BCUT2D eigenvalue weighted by atomic mass is 79.9. The molecule has 0 saturated carbocycles. The maximum atomic E-state index is 13.9. The molecule has 18 heavy (non-hydrogen) atoms. The number of halogens is 3. The molecule has 0 bridgehead atoms. The van der Waals surface area contributed by atoms with Gasteiger partial charge in [-0.05, 0) is 46.2 Å². The molecule has 0 heterocycles. The van der Waals surface area contributed by atoms with Gasteiger partial charge in [0, 0.05) is 6.54 Å². The van der Waals surface area contributed by atoms with Crippen molar-refractivity contribution >= 4 is 15.9 Å². The standard InChI is InChI=1S/C14H12BrF2N/c1-18-8-9-2-4-10(5-3-9)13-12(16)7-6-11(15)14(13)17/h2-7,18H,8H2,1H3. The zero-order chi connectivity index (χ0) is 13.1. The molecular formula is C14H12BrF2N.